The van der Waals surface area contributed by atoms with Gasteiger partial charge in [-0.25, -0.2) is 0 Å². The van der Waals surface area contributed by atoms with E-state index in [2.05, 4.69) is 254 Å². The molecular weight excluding hydrogens is 791 g/mol. The Morgan fingerprint density at radius 3 is 1.42 bits per heavy atom. The molecule has 0 fully saturated rings. The van der Waals surface area contributed by atoms with E-state index in [1.807, 2.05) is 11.3 Å². The van der Waals surface area contributed by atoms with Crippen molar-refractivity contribution in [1.29, 1.82) is 0 Å². The number of hydrogen-bond donors (Lipinski definition) is 0. The zero-order valence-electron chi connectivity index (χ0n) is 35.0. The molecule has 2 heteroatoms. The Balaban J connectivity index is 0.994. The van der Waals surface area contributed by atoms with Gasteiger partial charge >= 0.3 is 0 Å². The first-order valence-corrected chi connectivity index (χ1v) is 22.7. The monoisotopic (exact) mass is 831 g/mol. The Morgan fingerprint density at radius 1 is 0.266 bits per heavy atom. The molecule has 0 amide bonds. The van der Waals surface area contributed by atoms with E-state index in [9.17, 15) is 0 Å². The van der Waals surface area contributed by atoms with Crippen LogP contribution in [0.25, 0.3) is 97.4 Å². The van der Waals surface area contributed by atoms with Gasteiger partial charge in [-0.3, -0.25) is 0 Å². The van der Waals surface area contributed by atoms with Crippen LogP contribution in [0.15, 0.2) is 249 Å². The van der Waals surface area contributed by atoms with Crippen molar-refractivity contribution in [2.24, 2.45) is 0 Å². The zero-order chi connectivity index (χ0) is 42.4. The van der Waals surface area contributed by atoms with E-state index >= 15 is 0 Å². The van der Waals surface area contributed by atoms with Crippen LogP contribution in [-0.4, -0.2) is 0 Å². The minimum Gasteiger partial charge on any atom is -0.310 e. The summed E-state index contributed by atoms with van der Waals surface area (Å²) in [7, 11) is 0. The van der Waals surface area contributed by atoms with E-state index in [0.717, 1.165) is 17.1 Å². The number of para-hydroxylation sites is 1. The van der Waals surface area contributed by atoms with Gasteiger partial charge in [0.2, 0.25) is 0 Å². The smallest absolute Gasteiger partial charge is 0.0540 e. The summed E-state index contributed by atoms with van der Waals surface area (Å²) < 4.78 is 2.65. The van der Waals surface area contributed by atoms with Gasteiger partial charge in [-0.05, 0) is 114 Å². The van der Waals surface area contributed by atoms with Gasteiger partial charge in [0.15, 0.2) is 0 Å². The lowest BCUT2D eigenvalue weighted by molar-refractivity contribution is 1.28. The normalized spacial score (nSPS) is 11.4. The Labute approximate surface area is 377 Å². The number of rotatable bonds is 8. The molecule has 12 aromatic rings. The molecule has 0 N–H and O–H groups in total. The number of anilines is 3. The quantitative estimate of drug-likeness (QED) is 0.138. The molecule has 0 spiro atoms. The highest BCUT2D eigenvalue weighted by atomic mass is 32.1. The Hall–Kier alpha value is -8.04. The molecule has 0 aliphatic rings. The molecule has 11 aromatic carbocycles. The van der Waals surface area contributed by atoms with Crippen molar-refractivity contribution >= 4 is 70.1 Å². The largest absolute Gasteiger partial charge is 0.310 e. The van der Waals surface area contributed by atoms with Crippen LogP contribution in [0.4, 0.5) is 17.1 Å². The first-order chi connectivity index (χ1) is 31.8. The van der Waals surface area contributed by atoms with Crippen LogP contribution in [0, 0.1) is 0 Å². The number of hydrogen-bond acceptors (Lipinski definition) is 2. The van der Waals surface area contributed by atoms with Crippen molar-refractivity contribution in [2.75, 3.05) is 4.90 Å². The maximum atomic E-state index is 2.41. The molecule has 1 nitrogen and oxygen atoms in total. The van der Waals surface area contributed by atoms with E-state index < -0.39 is 0 Å². The molecule has 0 aliphatic carbocycles. The Bertz CT molecular complexity index is 3630. The molecule has 0 bridgehead atoms. The fraction of sp³-hybridized carbons (Fsp3) is 0. The summed E-state index contributed by atoms with van der Waals surface area (Å²) in [6.45, 7) is 0. The van der Waals surface area contributed by atoms with Crippen LogP contribution < -0.4 is 4.90 Å². The van der Waals surface area contributed by atoms with Gasteiger partial charge in [0.1, 0.15) is 0 Å². The zero-order valence-corrected chi connectivity index (χ0v) is 35.8. The first kappa shape index (κ1) is 37.7. The molecule has 0 saturated heterocycles. The number of nitrogens with zero attached hydrogens (tertiary/aromatic N) is 1. The third kappa shape index (κ3) is 6.55. The van der Waals surface area contributed by atoms with Gasteiger partial charge in [-0.15, -0.1) is 11.3 Å². The van der Waals surface area contributed by atoms with Gasteiger partial charge in [-0.2, -0.15) is 0 Å². The maximum absolute atomic E-state index is 2.41. The fourth-order valence-electron chi connectivity index (χ4n) is 9.71. The molecule has 0 radical (unpaired) electrons. The third-order valence-corrected chi connectivity index (χ3v) is 13.9. The fourth-order valence-corrected chi connectivity index (χ4v) is 10.9. The molecule has 0 unspecified atom stereocenters. The summed E-state index contributed by atoms with van der Waals surface area (Å²) in [5.41, 5.74) is 15.5. The van der Waals surface area contributed by atoms with Gasteiger partial charge in [0, 0.05) is 37.1 Å². The number of fused-ring (bicyclic) bond motifs is 6. The van der Waals surface area contributed by atoms with Crippen molar-refractivity contribution in [3.63, 3.8) is 0 Å². The summed E-state index contributed by atoms with van der Waals surface area (Å²) in [6.07, 6.45) is 0. The molecule has 0 saturated carbocycles. The SMILES string of the molecule is c1ccc(-c2ccccc2N(c2ccc(-c3ccc4c(c3)c(-c3ccccc3)c(-c3ccccc3)c3ccccc34)cc2)c2ccc(-c3cccc4c3sc3ccccc34)cc2)cc1. The number of thiophene rings is 1. The van der Waals surface area contributed by atoms with Gasteiger partial charge in [0.05, 0.1) is 5.69 Å². The predicted octanol–water partition coefficient (Wildman–Crippen LogP) is 18.2. The van der Waals surface area contributed by atoms with Crippen LogP contribution in [0.2, 0.25) is 0 Å². The van der Waals surface area contributed by atoms with Crippen LogP contribution in [0.5, 0.6) is 0 Å². The average Bonchev–Trinajstić information content (AvgIpc) is 3.76. The van der Waals surface area contributed by atoms with Crippen molar-refractivity contribution in [3.05, 3.63) is 249 Å². The Morgan fingerprint density at radius 2 is 0.734 bits per heavy atom. The van der Waals surface area contributed by atoms with Crippen molar-refractivity contribution in [2.45, 2.75) is 0 Å². The molecule has 0 atom stereocenters. The molecule has 1 aromatic heterocycles. The van der Waals surface area contributed by atoms with Crippen LogP contribution in [0.1, 0.15) is 0 Å². The predicted molar refractivity (Wildman–Crippen MR) is 276 cm³/mol. The lowest BCUT2D eigenvalue weighted by Crippen LogP contribution is -2.11. The summed E-state index contributed by atoms with van der Waals surface area (Å²) >= 11 is 1.88. The summed E-state index contributed by atoms with van der Waals surface area (Å²) in [5, 5.41) is 7.66. The lowest BCUT2D eigenvalue weighted by atomic mass is 9.84. The van der Waals surface area contributed by atoms with Gasteiger partial charge in [0.25, 0.3) is 0 Å². The van der Waals surface area contributed by atoms with E-state index in [0.29, 0.717) is 0 Å². The van der Waals surface area contributed by atoms with E-state index in [1.54, 1.807) is 0 Å². The van der Waals surface area contributed by atoms with E-state index in [4.69, 9.17) is 0 Å². The van der Waals surface area contributed by atoms with Gasteiger partial charge < -0.3 is 4.90 Å². The van der Waals surface area contributed by atoms with E-state index in [-0.39, 0.29) is 0 Å². The topological polar surface area (TPSA) is 3.24 Å². The molecule has 64 heavy (non-hydrogen) atoms. The third-order valence-electron chi connectivity index (χ3n) is 12.7. The second-order valence-corrected chi connectivity index (χ2v) is 17.4. The lowest BCUT2D eigenvalue weighted by Gasteiger charge is -2.28. The minimum absolute atomic E-state index is 1.09. The highest BCUT2D eigenvalue weighted by Crippen LogP contribution is 2.47. The molecule has 1 heterocycles. The molecule has 300 valence electrons. The van der Waals surface area contributed by atoms with Crippen molar-refractivity contribution in [1.82, 2.24) is 0 Å². The van der Waals surface area contributed by atoms with Crippen molar-refractivity contribution < 1.29 is 0 Å². The second-order valence-electron chi connectivity index (χ2n) is 16.4. The first-order valence-electron chi connectivity index (χ1n) is 21.9. The average molecular weight is 832 g/mol. The van der Waals surface area contributed by atoms with E-state index in [1.165, 1.54) is 97.4 Å². The highest BCUT2D eigenvalue weighted by Gasteiger charge is 2.20. The standard InChI is InChI=1S/C62H41NS/c1-4-17-43(18-5-1)50-23-12-14-29-58(50)63(49-38-33-44(34-39-49)51-27-16-28-56-54-25-13-15-30-59(54)64-62(51)56)48-36-31-42(32-37-48)47-35-40-53-52-24-10-11-26-55(52)60(45-19-6-2-7-20-45)61(57(53)41-47)46-21-8-3-9-22-46/h1-41H. The summed E-state index contributed by atoms with van der Waals surface area (Å²) in [5.74, 6) is 0. The second kappa shape index (κ2) is 16.0. The Kier molecular flexibility index (Phi) is 9.43. The van der Waals surface area contributed by atoms with Crippen LogP contribution >= 0.6 is 11.3 Å². The minimum atomic E-state index is 1.09. The molecular formula is C62H41NS. The summed E-state index contributed by atoms with van der Waals surface area (Å²) in [4.78, 5) is 2.40. The van der Waals surface area contributed by atoms with Crippen LogP contribution in [0.3, 0.4) is 0 Å². The molecule has 0 aliphatic heterocycles. The van der Waals surface area contributed by atoms with Crippen LogP contribution in [-0.2, 0) is 0 Å². The number of benzene rings is 11. The van der Waals surface area contributed by atoms with Gasteiger partial charge in [-0.1, -0.05) is 206 Å². The highest BCUT2D eigenvalue weighted by molar-refractivity contribution is 7.26. The maximum Gasteiger partial charge on any atom is 0.0540 e. The molecule has 12 rings (SSSR count). The summed E-state index contributed by atoms with van der Waals surface area (Å²) in [6, 6.07) is 90.8. The van der Waals surface area contributed by atoms with Crippen molar-refractivity contribution in [3.8, 4) is 55.6 Å².